The van der Waals surface area contributed by atoms with Crippen LogP contribution in [0.25, 0.3) is 0 Å². The van der Waals surface area contributed by atoms with Crippen molar-refractivity contribution < 1.29 is 17.6 Å². The van der Waals surface area contributed by atoms with Gasteiger partial charge in [-0.25, -0.2) is 22.5 Å². The van der Waals surface area contributed by atoms with Crippen LogP contribution < -0.4 is 15.4 Å². The number of sulfonamides is 1. The minimum absolute atomic E-state index is 0.0260. The Morgan fingerprint density at radius 2 is 2.11 bits per heavy atom. The predicted molar refractivity (Wildman–Crippen MR) is 68.9 cm³/mol. The summed E-state index contributed by atoms with van der Waals surface area (Å²) in [5.41, 5.74) is -0.154. The third kappa shape index (κ3) is 4.79. The summed E-state index contributed by atoms with van der Waals surface area (Å²) in [4.78, 5) is 15.4. The molecule has 0 aromatic carbocycles. The third-order valence-corrected chi connectivity index (χ3v) is 2.87. The van der Waals surface area contributed by atoms with Crippen LogP contribution in [0, 0.1) is 5.82 Å². The Morgan fingerprint density at radius 3 is 2.68 bits per heavy atom. The predicted octanol–water partition coefficient (Wildman–Crippen LogP) is -0.459. The zero-order valence-electron chi connectivity index (χ0n) is 10.5. The maximum Gasteiger partial charge on any atom is 0.254 e. The quantitative estimate of drug-likeness (QED) is 0.616. The van der Waals surface area contributed by atoms with Gasteiger partial charge in [-0.05, 0) is 6.07 Å². The van der Waals surface area contributed by atoms with E-state index in [0.717, 1.165) is 6.26 Å². The van der Waals surface area contributed by atoms with Gasteiger partial charge in [-0.3, -0.25) is 4.79 Å². The van der Waals surface area contributed by atoms with Gasteiger partial charge in [0.15, 0.2) is 11.6 Å². The number of carbonyl (C=O) groups is 1. The molecule has 0 saturated heterocycles. The van der Waals surface area contributed by atoms with Gasteiger partial charge in [-0.2, -0.15) is 0 Å². The fraction of sp³-hybridized carbons (Fsp3) is 0.400. The van der Waals surface area contributed by atoms with Crippen molar-refractivity contribution in [2.24, 2.45) is 0 Å². The smallest absolute Gasteiger partial charge is 0.254 e. The van der Waals surface area contributed by atoms with Crippen LogP contribution in [0.15, 0.2) is 12.3 Å². The van der Waals surface area contributed by atoms with E-state index in [0.29, 0.717) is 0 Å². The zero-order chi connectivity index (χ0) is 14.5. The largest absolute Gasteiger partial charge is 0.371 e. The van der Waals surface area contributed by atoms with E-state index in [9.17, 15) is 17.6 Å². The van der Waals surface area contributed by atoms with Crippen molar-refractivity contribution >= 4 is 21.7 Å². The van der Waals surface area contributed by atoms with E-state index < -0.39 is 21.7 Å². The number of halogens is 1. The maximum atomic E-state index is 13.7. The van der Waals surface area contributed by atoms with Crippen LogP contribution in [0.2, 0.25) is 0 Å². The number of carbonyl (C=O) groups excluding carboxylic acids is 1. The maximum absolute atomic E-state index is 13.7. The van der Waals surface area contributed by atoms with Crippen LogP contribution in [0.4, 0.5) is 10.2 Å². The van der Waals surface area contributed by atoms with Crippen LogP contribution in [0.1, 0.15) is 10.4 Å². The number of pyridine rings is 1. The van der Waals surface area contributed by atoms with Gasteiger partial charge in [0.1, 0.15) is 0 Å². The zero-order valence-corrected chi connectivity index (χ0v) is 11.3. The average Bonchev–Trinajstić information content (AvgIpc) is 2.33. The van der Waals surface area contributed by atoms with Crippen molar-refractivity contribution in [2.75, 3.05) is 31.7 Å². The minimum Gasteiger partial charge on any atom is -0.371 e. The molecule has 0 spiro atoms. The Hall–Kier alpha value is -1.74. The monoisotopic (exact) mass is 290 g/mol. The van der Waals surface area contributed by atoms with Gasteiger partial charge >= 0.3 is 0 Å². The van der Waals surface area contributed by atoms with Crippen molar-refractivity contribution in [2.45, 2.75) is 0 Å². The van der Waals surface area contributed by atoms with Gasteiger partial charge in [0.05, 0.1) is 11.8 Å². The molecule has 0 bridgehead atoms. The van der Waals surface area contributed by atoms with Gasteiger partial charge in [-0.1, -0.05) is 0 Å². The second kappa shape index (κ2) is 6.43. The number of hydrogen-bond donors (Lipinski definition) is 3. The Bertz CT molecular complexity index is 562. The molecule has 0 aliphatic rings. The van der Waals surface area contributed by atoms with Crippen LogP contribution in [0.3, 0.4) is 0 Å². The normalized spacial score (nSPS) is 11.1. The Balaban J connectivity index is 2.59. The minimum atomic E-state index is -3.30. The van der Waals surface area contributed by atoms with E-state index in [2.05, 4.69) is 20.3 Å². The average molecular weight is 290 g/mol. The highest BCUT2D eigenvalue weighted by Crippen LogP contribution is 2.13. The van der Waals surface area contributed by atoms with Gasteiger partial charge < -0.3 is 10.6 Å². The molecule has 9 heteroatoms. The van der Waals surface area contributed by atoms with Crippen molar-refractivity contribution in [3.05, 3.63) is 23.6 Å². The number of hydrogen-bond acceptors (Lipinski definition) is 5. The summed E-state index contributed by atoms with van der Waals surface area (Å²) in [5, 5.41) is 4.92. The summed E-state index contributed by atoms with van der Waals surface area (Å²) in [6.45, 7) is 0.0959. The molecule has 3 N–H and O–H groups in total. The molecule has 1 aromatic heterocycles. The number of nitrogens with zero attached hydrogens (tertiary/aromatic N) is 1. The molecule has 0 radical (unpaired) electrons. The summed E-state index contributed by atoms with van der Waals surface area (Å²) in [6, 6.07) is 1.25. The van der Waals surface area contributed by atoms with Gasteiger partial charge in [0, 0.05) is 26.3 Å². The molecular formula is C10H15FN4O3S. The van der Waals surface area contributed by atoms with E-state index in [-0.39, 0.29) is 24.5 Å². The molecule has 19 heavy (non-hydrogen) atoms. The SMILES string of the molecule is CNc1nccc(C(=O)NCCNS(C)(=O)=O)c1F. The van der Waals surface area contributed by atoms with Gasteiger partial charge in [0.25, 0.3) is 5.91 Å². The summed E-state index contributed by atoms with van der Waals surface area (Å²) >= 11 is 0. The Kier molecular flexibility index (Phi) is 5.19. The summed E-state index contributed by atoms with van der Waals surface area (Å²) in [5.74, 6) is -1.41. The topological polar surface area (TPSA) is 100 Å². The lowest BCUT2D eigenvalue weighted by molar-refractivity contribution is 0.0950. The van der Waals surface area contributed by atoms with Crippen LogP contribution in [0.5, 0.6) is 0 Å². The van der Waals surface area contributed by atoms with E-state index in [1.807, 2.05) is 0 Å². The van der Waals surface area contributed by atoms with E-state index >= 15 is 0 Å². The Labute approximate surface area is 110 Å². The summed E-state index contributed by atoms with van der Waals surface area (Å²) in [7, 11) is -1.81. The van der Waals surface area contributed by atoms with Crippen molar-refractivity contribution in [3.63, 3.8) is 0 Å². The molecule has 0 unspecified atom stereocenters. The van der Waals surface area contributed by atoms with Gasteiger partial charge in [-0.15, -0.1) is 0 Å². The molecule has 0 saturated carbocycles. The molecule has 0 aliphatic heterocycles. The summed E-state index contributed by atoms with van der Waals surface area (Å²) < 4.78 is 37.5. The highest BCUT2D eigenvalue weighted by Gasteiger charge is 2.14. The summed E-state index contributed by atoms with van der Waals surface area (Å²) in [6.07, 6.45) is 2.31. The molecule has 7 nitrogen and oxygen atoms in total. The molecule has 106 valence electrons. The lowest BCUT2D eigenvalue weighted by Gasteiger charge is -2.08. The van der Waals surface area contributed by atoms with E-state index in [1.54, 1.807) is 0 Å². The number of amides is 1. The van der Waals surface area contributed by atoms with E-state index in [1.165, 1.54) is 19.3 Å². The molecule has 1 amide bonds. The second-order valence-corrected chi connectivity index (χ2v) is 5.53. The van der Waals surface area contributed by atoms with Crippen LogP contribution in [-0.4, -0.2) is 45.7 Å². The molecule has 0 fully saturated rings. The number of rotatable bonds is 6. The number of anilines is 1. The first-order valence-corrected chi connectivity index (χ1v) is 7.29. The molecule has 0 atom stereocenters. The second-order valence-electron chi connectivity index (χ2n) is 3.69. The first-order valence-electron chi connectivity index (χ1n) is 5.40. The number of aromatic nitrogens is 1. The van der Waals surface area contributed by atoms with Crippen molar-refractivity contribution in [1.29, 1.82) is 0 Å². The number of nitrogens with one attached hydrogen (secondary N) is 3. The third-order valence-electron chi connectivity index (χ3n) is 2.15. The molecule has 1 rings (SSSR count). The molecule has 1 aromatic rings. The molecular weight excluding hydrogens is 275 g/mol. The Morgan fingerprint density at radius 1 is 1.42 bits per heavy atom. The van der Waals surface area contributed by atoms with Crippen LogP contribution >= 0.6 is 0 Å². The van der Waals surface area contributed by atoms with E-state index in [4.69, 9.17) is 0 Å². The first-order chi connectivity index (χ1) is 8.85. The molecule has 0 aliphatic carbocycles. The van der Waals surface area contributed by atoms with Crippen molar-refractivity contribution in [3.8, 4) is 0 Å². The lowest BCUT2D eigenvalue weighted by atomic mass is 10.2. The van der Waals surface area contributed by atoms with Crippen molar-refractivity contribution in [1.82, 2.24) is 15.0 Å². The lowest BCUT2D eigenvalue weighted by Crippen LogP contribution is -2.34. The fourth-order valence-corrected chi connectivity index (χ4v) is 1.77. The highest BCUT2D eigenvalue weighted by molar-refractivity contribution is 7.88. The molecule has 1 heterocycles. The first kappa shape index (κ1) is 15.3. The fourth-order valence-electron chi connectivity index (χ4n) is 1.30. The highest BCUT2D eigenvalue weighted by atomic mass is 32.2. The standard InChI is InChI=1S/C10H15FN4O3S/c1-12-9-8(11)7(3-4-13-9)10(16)14-5-6-15-19(2,17)18/h3-4,15H,5-6H2,1-2H3,(H,12,13)(H,14,16). The van der Waals surface area contributed by atoms with Crippen LogP contribution in [-0.2, 0) is 10.0 Å². The van der Waals surface area contributed by atoms with Gasteiger partial charge in [0.2, 0.25) is 10.0 Å².